The Kier molecular flexibility index (Phi) is 10.3. The molecule has 1 aliphatic heterocycles. The van der Waals surface area contributed by atoms with Crippen LogP contribution in [0.15, 0.2) is 10.6 Å². The third-order valence-corrected chi connectivity index (χ3v) is 5.31. The van der Waals surface area contributed by atoms with Crippen molar-refractivity contribution in [1.29, 1.82) is 0 Å². The van der Waals surface area contributed by atoms with Crippen molar-refractivity contribution in [3.8, 4) is 0 Å². The summed E-state index contributed by atoms with van der Waals surface area (Å²) in [5, 5.41) is 20.3. The van der Waals surface area contributed by atoms with E-state index >= 15 is 0 Å². The van der Waals surface area contributed by atoms with Gasteiger partial charge in [-0.05, 0) is 19.3 Å². The minimum Gasteiger partial charge on any atom is -0.388 e. The van der Waals surface area contributed by atoms with Gasteiger partial charge in [0.05, 0.1) is 25.9 Å². The second-order valence-electron chi connectivity index (χ2n) is 8.91. The van der Waals surface area contributed by atoms with Crippen molar-refractivity contribution in [3.63, 3.8) is 0 Å². The molecule has 4 N–H and O–H groups in total. The molecule has 1 unspecified atom stereocenters. The van der Waals surface area contributed by atoms with E-state index < -0.39 is 48.1 Å². The fraction of sp³-hybridized carbons (Fsp3) is 0.682. The molecule has 1 aromatic rings. The van der Waals surface area contributed by atoms with Crippen LogP contribution in [-0.4, -0.2) is 91.5 Å². The standard InChI is InChI=1S/C22H34N4O9/c1-12(2)6-14(18(28)22(3)11-34-22)23-20(30)16(9-32-4)25-21(31)17(10-33-5)24-19(29)15-7-13(8-27)35-26-15/h7,12,14,16-17,27H,6,8-11H2,1-5H3,(H,23,30)(H,24,29)(H,25,31)/t14-,16-,17-,22?/m0/s1. The van der Waals surface area contributed by atoms with E-state index in [0.717, 1.165) is 0 Å². The van der Waals surface area contributed by atoms with Crippen LogP contribution in [0, 0.1) is 5.92 Å². The van der Waals surface area contributed by atoms with Crippen molar-refractivity contribution in [2.24, 2.45) is 5.92 Å². The molecule has 0 radical (unpaired) electrons. The number of methoxy groups -OCH3 is 2. The molecule has 0 bridgehead atoms. The maximum atomic E-state index is 13.0. The van der Waals surface area contributed by atoms with Gasteiger partial charge in [-0.25, -0.2) is 0 Å². The molecule has 4 atom stereocenters. The van der Waals surface area contributed by atoms with Crippen molar-refractivity contribution in [3.05, 3.63) is 17.5 Å². The molecule has 3 amide bonds. The van der Waals surface area contributed by atoms with Gasteiger partial charge in [-0.2, -0.15) is 0 Å². The largest absolute Gasteiger partial charge is 0.388 e. The van der Waals surface area contributed by atoms with Crippen LogP contribution in [0.4, 0.5) is 0 Å². The van der Waals surface area contributed by atoms with Gasteiger partial charge in [0, 0.05) is 20.3 Å². The van der Waals surface area contributed by atoms with Gasteiger partial charge in [0.15, 0.2) is 17.2 Å². The predicted molar refractivity (Wildman–Crippen MR) is 120 cm³/mol. The summed E-state index contributed by atoms with van der Waals surface area (Å²) in [4.78, 5) is 51.2. The number of hydrogen-bond donors (Lipinski definition) is 4. The zero-order valence-corrected chi connectivity index (χ0v) is 20.6. The number of Topliss-reactive ketones (excluding diaryl/α,β-unsaturated/α-hetero) is 1. The summed E-state index contributed by atoms with van der Waals surface area (Å²) in [7, 11) is 2.70. The Bertz CT molecular complexity index is 897. The first-order valence-corrected chi connectivity index (χ1v) is 11.2. The van der Waals surface area contributed by atoms with E-state index in [4.69, 9.17) is 23.8 Å². The third-order valence-electron chi connectivity index (χ3n) is 5.31. The normalized spacial score (nSPS) is 19.5. The van der Waals surface area contributed by atoms with E-state index in [-0.39, 0.29) is 43.0 Å². The highest BCUT2D eigenvalue weighted by Gasteiger charge is 2.50. The summed E-state index contributed by atoms with van der Waals surface area (Å²) in [5.41, 5.74) is -1.06. The van der Waals surface area contributed by atoms with Gasteiger partial charge in [0.1, 0.15) is 24.3 Å². The van der Waals surface area contributed by atoms with E-state index in [0.29, 0.717) is 6.42 Å². The van der Waals surface area contributed by atoms with Crippen molar-refractivity contribution in [2.45, 2.75) is 57.5 Å². The Labute approximate surface area is 203 Å². The summed E-state index contributed by atoms with van der Waals surface area (Å²) in [6.07, 6.45) is 0.396. The van der Waals surface area contributed by atoms with Gasteiger partial charge in [0.25, 0.3) is 5.91 Å². The second kappa shape index (κ2) is 12.7. The number of rotatable bonds is 15. The highest BCUT2D eigenvalue weighted by atomic mass is 16.6. The Hall–Kier alpha value is -2.87. The van der Waals surface area contributed by atoms with Gasteiger partial charge in [-0.3, -0.25) is 19.2 Å². The summed E-state index contributed by atoms with van der Waals surface area (Å²) >= 11 is 0. The molecule has 1 aliphatic rings. The first-order valence-electron chi connectivity index (χ1n) is 11.2. The molecule has 2 rings (SSSR count). The zero-order valence-electron chi connectivity index (χ0n) is 20.6. The van der Waals surface area contributed by atoms with Crippen molar-refractivity contribution in [1.82, 2.24) is 21.1 Å². The van der Waals surface area contributed by atoms with Crippen LogP contribution < -0.4 is 16.0 Å². The number of nitrogens with zero attached hydrogens (tertiary/aromatic N) is 1. The lowest BCUT2D eigenvalue weighted by Gasteiger charge is -2.26. The van der Waals surface area contributed by atoms with Crippen LogP contribution in [0.2, 0.25) is 0 Å². The number of hydrogen-bond acceptors (Lipinski definition) is 10. The molecule has 0 aromatic carbocycles. The average molecular weight is 499 g/mol. The number of ether oxygens (including phenoxy) is 3. The molecule has 13 nitrogen and oxygen atoms in total. The topological polar surface area (TPSA) is 182 Å². The smallest absolute Gasteiger partial charge is 0.274 e. The molecule has 0 spiro atoms. The Morgan fingerprint density at radius 1 is 1.06 bits per heavy atom. The highest BCUT2D eigenvalue weighted by molar-refractivity contribution is 5.99. The van der Waals surface area contributed by atoms with Crippen LogP contribution in [0.1, 0.15) is 43.4 Å². The van der Waals surface area contributed by atoms with Gasteiger partial charge in [-0.15, -0.1) is 0 Å². The lowest BCUT2D eigenvalue weighted by Crippen LogP contribution is -2.58. The Morgan fingerprint density at radius 3 is 2.06 bits per heavy atom. The van der Waals surface area contributed by atoms with Gasteiger partial charge >= 0.3 is 0 Å². The number of epoxide rings is 1. The number of ketones is 1. The molecule has 196 valence electrons. The van der Waals surface area contributed by atoms with Crippen LogP contribution >= 0.6 is 0 Å². The molecule has 35 heavy (non-hydrogen) atoms. The van der Waals surface area contributed by atoms with E-state index in [1.54, 1.807) is 6.92 Å². The van der Waals surface area contributed by atoms with Crippen molar-refractivity contribution < 1.29 is 43.0 Å². The minimum atomic E-state index is -1.18. The average Bonchev–Trinajstić information content (AvgIpc) is 3.37. The van der Waals surface area contributed by atoms with E-state index in [1.165, 1.54) is 20.3 Å². The fourth-order valence-corrected chi connectivity index (χ4v) is 3.29. The second-order valence-corrected chi connectivity index (χ2v) is 8.91. The first kappa shape index (κ1) is 28.4. The minimum absolute atomic E-state index is 0.0793. The van der Waals surface area contributed by atoms with Crippen molar-refractivity contribution in [2.75, 3.05) is 34.0 Å². The third kappa shape index (κ3) is 8.09. The number of aliphatic hydroxyl groups excluding tert-OH is 1. The summed E-state index contributed by atoms with van der Waals surface area (Å²) in [6, 6.07) is -1.89. The maximum Gasteiger partial charge on any atom is 0.274 e. The molecular formula is C22H34N4O9. The Morgan fingerprint density at radius 2 is 1.60 bits per heavy atom. The lowest BCUT2D eigenvalue weighted by atomic mass is 9.93. The summed E-state index contributed by atoms with van der Waals surface area (Å²) < 4.78 is 20.1. The molecule has 0 aliphatic carbocycles. The molecule has 13 heteroatoms. The van der Waals surface area contributed by atoms with Gasteiger partial charge in [0.2, 0.25) is 11.8 Å². The highest BCUT2D eigenvalue weighted by Crippen LogP contribution is 2.29. The molecule has 0 saturated carbocycles. The van der Waals surface area contributed by atoms with Crippen molar-refractivity contribution >= 4 is 23.5 Å². The number of amides is 3. The zero-order chi connectivity index (χ0) is 26.2. The fourth-order valence-electron chi connectivity index (χ4n) is 3.29. The van der Waals surface area contributed by atoms with E-state index in [1.807, 2.05) is 13.8 Å². The monoisotopic (exact) mass is 498 g/mol. The van der Waals surface area contributed by atoms with E-state index in [2.05, 4.69) is 21.1 Å². The first-order chi connectivity index (χ1) is 16.5. The van der Waals surface area contributed by atoms with Gasteiger partial charge < -0.3 is 39.8 Å². The summed E-state index contributed by atoms with van der Waals surface area (Å²) in [6.45, 7) is 4.98. The molecule has 1 fully saturated rings. The lowest BCUT2D eigenvalue weighted by molar-refractivity contribution is -0.134. The maximum absolute atomic E-state index is 13.0. The number of aliphatic hydroxyl groups is 1. The van der Waals surface area contributed by atoms with Gasteiger partial charge in [-0.1, -0.05) is 19.0 Å². The molecule has 1 aromatic heterocycles. The van der Waals surface area contributed by atoms with Crippen LogP contribution in [-0.2, 0) is 35.2 Å². The summed E-state index contributed by atoms with van der Waals surface area (Å²) in [5.74, 6) is -2.11. The van der Waals surface area contributed by atoms with E-state index in [9.17, 15) is 19.2 Å². The number of nitrogens with one attached hydrogen (secondary N) is 3. The molecule has 2 heterocycles. The predicted octanol–water partition coefficient (Wildman–Crippen LogP) is -1.07. The number of carbonyl (C=O) groups excluding carboxylic acids is 4. The quantitative estimate of drug-likeness (QED) is 0.217. The van der Waals surface area contributed by atoms with Crippen LogP contribution in [0.25, 0.3) is 0 Å². The molecule has 1 saturated heterocycles. The number of carbonyl (C=O) groups is 4. The van der Waals surface area contributed by atoms with Crippen LogP contribution in [0.3, 0.4) is 0 Å². The Balaban J connectivity index is 2.08. The number of aromatic nitrogens is 1. The SMILES string of the molecule is COC[C@H](NC(=O)c1cc(CO)on1)C(=O)N[C@@H](COC)C(=O)N[C@@H](CC(C)C)C(=O)C1(C)CO1. The van der Waals surface area contributed by atoms with Crippen LogP contribution in [0.5, 0.6) is 0 Å². The molecular weight excluding hydrogens is 464 g/mol.